The molecule has 2 aliphatic rings. The fourth-order valence-electron chi connectivity index (χ4n) is 4.38. The van der Waals surface area contributed by atoms with E-state index in [4.69, 9.17) is 11.6 Å². The topological polar surface area (TPSA) is 61.4 Å². The summed E-state index contributed by atoms with van der Waals surface area (Å²) in [6.45, 7) is 5.96. The van der Waals surface area contributed by atoms with Crippen LogP contribution in [0.3, 0.4) is 0 Å². The molecule has 2 N–H and O–H groups in total. The van der Waals surface area contributed by atoms with Gasteiger partial charge < -0.3 is 15.5 Å². The van der Waals surface area contributed by atoms with E-state index < -0.39 is 11.7 Å². The smallest absolute Gasteiger partial charge is 0.251 e. The first-order valence-electron chi connectivity index (χ1n) is 11.2. The Morgan fingerprint density at radius 3 is 2.64 bits per heavy atom. The molecule has 0 bridgehead atoms. The molecule has 0 radical (unpaired) electrons. The van der Waals surface area contributed by atoms with Gasteiger partial charge in [0.05, 0.1) is 5.92 Å². The van der Waals surface area contributed by atoms with Crippen LogP contribution in [0.15, 0.2) is 36.4 Å². The fraction of sp³-hybridized carbons (Fsp3) is 0.440. The van der Waals surface area contributed by atoms with Crippen molar-refractivity contribution in [2.75, 3.05) is 13.1 Å². The minimum absolute atomic E-state index is 0. The lowest BCUT2D eigenvalue weighted by atomic mass is 9.91. The van der Waals surface area contributed by atoms with Gasteiger partial charge in [-0.05, 0) is 74.5 Å². The van der Waals surface area contributed by atoms with Gasteiger partial charge in [0, 0.05) is 35.8 Å². The van der Waals surface area contributed by atoms with Crippen molar-refractivity contribution in [2.24, 2.45) is 5.92 Å². The highest BCUT2D eigenvalue weighted by Crippen LogP contribution is 2.32. The lowest BCUT2D eigenvalue weighted by Crippen LogP contribution is -2.55. The number of piperidine rings is 1. The average molecular weight is 494 g/mol. The quantitative estimate of drug-likeness (QED) is 0.626. The maximum Gasteiger partial charge on any atom is 0.251 e. The zero-order valence-electron chi connectivity index (χ0n) is 18.9. The summed E-state index contributed by atoms with van der Waals surface area (Å²) in [5, 5.41) is 6.43. The zero-order valence-corrected chi connectivity index (χ0v) is 20.4. The van der Waals surface area contributed by atoms with Crippen molar-refractivity contribution in [1.82, 2.24) is 15.5 Å². The van der Waals surface area contributed by atoms with E-state index in [0.717, 1.165) is 30.5 Å². The molecule has 2 aromatic carbocycles. The number of hydrogen-bond donors (Lipinski definition) is 2. The molecule has 2 fully saturated rings. The number of hydrogen-bond acceptors (Lipinski definition) is 3. The average Bonchev–Trinajstić information content (AvgIpc) is 3.59. The van der Waals surface area contributed by atoms with Crippen LogP contribution >= 0.6 is 24.0 Å². The van der Waals surface area contributed by atoms with Crippen LogP contribution < -0.4 is 10.6 Å². The Morgan fingerprint density at radius 2 is 1.94 bits per heavy atom. The molecular formula is C25H30Cl2FN3O2. The lowest BCUT2D eigenvalue weighted by Gasteiger charge is -2.36. The first-order chi connectivity index (χ1) is 15.3. The molecule has 2 amide bonds. The largest absolute Gasteiger partial charge is 0.348 e. The van der Waals surface area contributed by atoms with Crippen LogP contribution in [0.1, 0.15) is 46.3 Å². The Hall–Kier alpha value is -2.15. The molecule has 1 aliphatic heterocycles. The van der Waals surface area contributed by atoms with E-state index in [1.807, 2.05) is 11.0 Å². The number of halogens is 3. The van der Waals surface area contributed by atoms with Gasteiger partial charge in [0.15, 0.2) is 0 Å². The molecule has 8 heteroatoms. The van der Waals surface area contributed by atoms with Gasteiger partial charge in [-0.3, -0.25) is 9.59 Å². The van der Waals surface area contributed by atoms with E-state index in [0.29, 0.717) is 26.1 Å². The molecule has 178 valence electrons. The third-order valence-corrected chi connectivity index (χ3v) is 6.79. The molecule has 0 spiro atoms. The maximum absolute atomic E-state index is 13.7. The Labute approximate surface area is 205 Å². The van der Waals surface area contributed by atoms with Crippen molar-refractivity contribution in [2.45, 2.75) is 51.7 Å². The van der Waals surface area contributed by atoms with Gasteiger partial charge in [0.25, 0.3) is 5.91 Å². The number of nitrogens with zero attached hydrogens (tertiary/aromatic N) is 1. The van der Waals surface area contributed by atoms with Crippen LogP contribution in [-0.2, 0) is 11.3 Å². The van der Waals surface area contributed by atoms with Gasteiger partial charge >= 0.3 is 0 Å². The van der Waals surface area contributed by atoms with Crippen molar-refractivity contribution in [3.63, 3.8) is 0 Å². The summed E-state index contributed by atoms with van der Waals surface area (Å²) in [4.78, 5) is 28.4. The predicted molar refractivity (Wildman–Crippen MR) is 130 cm³/mol. The van der Waals surface area contributed by atoms with Gasteiger partial charge in [-0.15, -0.1) is 12.4 Å². The number of nitrogens with one attached hydrogen (secondary N) is 2. The number of rotatable bonds is 6. The van der Waals surface area contributed by atoms with Crippen molar-refractivity contribution in [3.8, 4) is 0 Å². The Bertz CT molecular complexity index is 1010. The molecular weight excluding hydrogens is 464 g/mol. The summed E-state index contributed by atoms with van der Waals surface area (Å²) in [5.41, 5.74) is 3.74. The number of amides is 2. The highest BCUT2D eigenvalue weighted by Gasteiger charge is 2.40. The van der Waals surface area contributed by atoms with Crippen molar-refractivity contribution < 1.29 is 14.0 Å². The van der Waals surface area contributed by atoms with Crippen LogP contribution in [-0.4, -0.2) is 41.9 Å². The van der Waals surface area contributed by atoms with Crippen LogP contribution in [0.2, 0.25) is 5.02 Å². The fourth-order valence-corrected chi connectivity index (χ4v) is 4.60. The second-order valence-corrected chi connectivity index (χ2v) is 9.33. The first-order valence-corrected chi connectivity index (χ1v) is 11.5. The SMILES string of the molecule is Cc1cccc(CN(C(=O)C2CNCCC2NC(=O)c2cc(F)cc(Cl)c2)C2CC2)c1C.Cl. The molecule has 2 aromatic rings. The van der Waals surface area contributed by atoms with Gasteiger partial charge in [-0.1, -0.05) is 29.8 Å². The number of benzene rings is 2. The van der Waals surface area contributed by atoms with Crippen molar-refractivity contribution in [3.05, 3.63) is 69.5 Å². The van der Waals surface area contributed by atoms with Crippen LogP contribution in [0.4, 0.5) is 4.39 Å². The van der Waals surface area contributed by atoms with Crippen molar-refractivity contribution >= 4 is 35.8 Å². The van der Waals surface area contributed by atoms with Gasteiger partial charge in [-0.25, -0.2) is 4.39 Å². The Balaban J connectivity index is 0.00000306. The highest BCUT2D eigenvalue weighted by atomic mass is 35.5. The Kier molecular flexibility index (Phi) is 8.38. The summed E-state index contributed by atoms with van der Waals surface area (Å²) in [6, 6.07) is 9.89. The second kappa shape index (κ2) is 10.9. The molecule has 2 unspecified atom stereocenters. The van der Waals surface area contributed by atoms with Crippen LogP contribution in [0.5, 0.6) is 0 Å². The molecule has 4 rings (SSSR count). The zero-order chi connectivity index (χ0) is 22.8. The standard InChI is InChI=1S/C25H29ClFN3O2.ClH/c1-15-4-3-5-17(16(15)2)14-30(21-6-7-21)25(32)22-13-28-9-8-23(22)29-24(31)18-10-19(26)12-20(27)11-18;/h3-5,10-12,21-23,28H,6-9,13-14H2,1-2H3,(H,29,31);1H. The van der Waals surface area contributed by atoms with E-state index in [1.165, 1.54) is 17.2 Å². The molecule has 1 saturated heterocycles. The molecule has 0 aromatic heterocycles. The summed E-state index contributed by atoms with van der Waals surface area (Å²) in [5.74, 6) is -1.29. The van der Waals surface area contributed by atoms with Crippen LogP contribution in [0.25, 0.3) is 0 Å². The number of aryl methyl sites for hydroxylation is 1. The van der Waals surface area contributed by atoms with Crippen LogP contribution in [0, 0.1) is 25.6 Å². The number of carbonyl (C=O) groups is 2. The first kappa shape index (κ1) is 25.5. The summed E-state index contributed by atoms with van der Waals surface area (Å²) in [7, 11) is 0. The normalized spacial score (nSPS) is 20.0. The molecule has 2 atom stereocenters. The van der Waals surface area contributed by atoms with E-state index >= 15 is 0 Å². The molecule has 1 saturated carbocycles. The summed E-state index contributed by atoms with van der Waals surface area (Å²) in [6.07, 6.45) is 2.65. The Morgan fingerprint density at radius 1 is 1.18 bits per heavy atom. The summed E-state index contributed by atoms with van der Waals surface area (Å²) < 4.78 is 13.7. The lowest BCUT2D eigenvalue weighted by molar-refractivity contribution is -0.138. The minimum Gasteiger partial charge on any atom is -0.348 e. The highest BCUT2D eigenvalue weighted by molar-refractivity contribution is 6.31. The van der Waals surface area contributed by atoms with E-state index in [-0.39, 0.29) is 46.9 Å². The van der Waals surface area contributed by atoms with E-state index in [1.54, 1.807) is 0 Å². The third kappa shape index (κ3) is 6.05. The third-order valence-electron chi connectivity index (χ3n) is 6.57. The monoisotopic (exact) mass is 493 g/mol. The second-order valence-electron chi connectivity index (χ2n) is 8.89. The molecule has 1 aliphatic carbocycles. The molecule has 1 heterocycles. The van der Waals surface area contributed by atoms with E-state index in [9.17, 15) is 14.0 Å². The van der Waals surface area contributed by atoms with E-state index in [2.05, 4.69) is 36.6 Å². The van der Waals surface area contributed by atoms with Gasteiger partial charge in [-0.2, -0.15) is 0 Å². The molecule has 33 heavy (non-hydrogen) atoms. The van der Waals surface area contributed by atoms with Gasteiger partial charge in [0.1, 0.15) is 5.82 Å². The van der Waals surface area contributed by atoms with Crippen molar-refractivity contribution in [1.29, 1.82) is 0 Å². The molecule has 5 nitrogen and oxygen atoms in total. The predicted octanol–water partition coefficient (Wildman–Crippen LogP) is 4.42. The minimum atomic E-state index is -0.561. The number of carbonyl (C=O) groups excluding carboxylic acids is 2. The summed E-state index contributed by atoms with van der Waals surface area (Å²) >= 11 is 5.91. The maximum atomic E-state index is 13.7. The van der Waals surface area contributed by atoms with Gasteiger partial charge in [0.2, 0.25) is 5.91 Å².